The molecule has 3 heteroatoms. The molecule has 1 saturated carbocycles. The van der Waals surface area contributed by atoms with Gasteiger partial charge in [-0.3, -0.25) is 0 Å². The summed E-state index contributed by atoms with van der Waals surface area (Å²) in [5.74, 6) is -0.272. The maximum atomic E-state index is 13.9. The van der Waals surface area contributed by atoms with Crippen molar-refractivity contribution in [1.82, 2.24) is 0 Å². The smallest absolute Gasteiger partial charge is 0.162 e. The molecule has 0 spiro atoms. The summed E-state index contributed by atoms with van der Waals surface area (Å²) in [5, 5.41) is 0. The maximum Gasteiger partial charge on any atom is 0.162 e. The monoisotopic (exact) mass is 314 g/mol. The lowest BCUT2D eigenvalue weighted by Gasteiger charge is -2.43. The van der Waals surface area contributed by atoms with Crippen LogP contribution in [0.15, 0.2) is 18.2 Å². The third-order valence-corrected chi connectivity index (χ3v) is 5.72. The zero-order valence-corrected chi connectivity index (χ0v) is 13.9. The first-order chi connectivity index (χ1) is 9.77. The molecule has 0 N–H and O–H groups in total. The van der Waals surface area contributed by atoms with Crippen molar-refractivity contribution in [2.75, 3.05) is 5.88 Å². The van der Waals surface area contributed by atoms with Gasteiger partial charge in [-0.25, -0.2) is 8.78 Å². The molecule has 0 saturated heterocycles. The highest BCUT2D eigenvalue weighted by atomic mass is 35.5. The highest BCUT2D eigenvalue weighted by Gasteiger charge is 2.38. The van der Waals surface area contributed by atoms with Gasteiger partial charge in [-0.2, -0.15) is 0 Å². The van der Waals surface area contributed by atoms with E-state index in [9.17, 15) is 8.78 Å². The van der Waals surface area contributed by atoms with E-state index < -0.39 is 11.6 Å². The standard InChI is InChI=1S/C18H25ClF2/c1-17(2,3)14-7-9-18(12-19,10-8-14)11-13-5-4-6-15(20)16(13)21/h4-6,14H,7-12H2,1-3H3. The van der Waals surface area contributed by atoms with E-state index in [-0.39, 0.29) is 5.41 Å². The molecule has 0 aromatic heterocycles. The van der Waals surface area contributed by atoms with Crippen molar-refractivity contribution in [2.24, 2.45) is 16.7 Å². The number of halogens is 3. The number of rotatable bonds is 3. The Bertz CT molecular complexity index is 482. The van der Waals surface area contributed by atoms with Crippen molar-refractivity contribution in [1.29, 1.82) is 0 Å². The van der Waals surface area contributed by atoms with Crippen molar-refractivity contribution < 1.29 is 8.78 Å². The molecular weight excluding hydrogens is 290 g/mol. The molecule has 0 atom stereocenters. The van der Waals surface area contributed by atoms with E-state index in [1.807, 2.05) is 0 Å². The SMILES string of the molecule is CC(C)(C)C1CCC(CCl)(Cc2cccc(F)c2F)CC1. The van der Waals surface area contributed by atoms with E-state index in [4.69, 9.17) is 11.6 Å². The Morgan fingerprint density at radius 1 is 1.19 bits per heavy atom. The second-order valence-electron chi connectivity index (χ2n) is 7.66. The van der Waals surface area contributed by atoms with Gasteiger partial charge in [0.1, 0.15) is 0 Å². The Morgan fingerprint density at radius 3 is 2.33 bits per heavy atom. The van der Waals surface area contributed by atoms with Gasteiger partial charge >= 0.3 is 0 Å². The van der Waals surface area contributed by atoms with Crippen LogP contribution in [-0.4, -0.2) is 5.88 Å². The minimum absolute atomic E-state index is 0.0854. The van der Waals surface area contributed by atoms with Gasteiger partial charge in [-0.15, -0.1) is 11.6 Å². The second kappa shape index (κ2) is 6.24. The van der Waals surface area contributed by atoms with Crippen molar-refractivity contribution in [3.05, 3.63) is 35.4 Å². The van der Waals surface area contributed by atoms with Crippen LogP contribution in [-0.2, 0) is 6.42 Å². The van der Waals surface area contributed by atoms with Gasteiger partial charge in [0.15, 0.2) is 11.6 Å². The Hall–Kier alpha value is -0.630. The predicted octanol–water partition coefficient (Wildman–Crippen LogP) is 5.97. The topological polar surface area (TPSA) is 0 Å². The number of alkyl halides is 1. The van der Waals surface area contributed by atoms with Crippen molar-refractivity contribution in [2.45, 2.75) is 52.9 Å². The van der Waals surface area contributed by atoms with E-state index in [1.165, 1.54) is 6.07 Å². The summed E-state index contributed by atoms with van der Waals surface area (Å²) in [4.78, 5) is 0. The Morgan fingerprint density at radius 2 is 1.81 bits per heavy atom. The minimum Gasteiger partial charge on any atom is -0.204 e. The molecule has 0 bridgehead atoms. The Kier molecular flexibility index (Phi) is 4.97. The molecule has 1 aliphatic rings. The maximum absolute atomic E-state index is 13.9. The van der Waals surface area contributed by atoms with Gasteiger partial charge in [-0.05, 0) is 60.5 Å². The molecular formula is C18H25ClF2. The molecule has 0 amide bonds. The summed E-state index contributed by atoms with van der Waals surface area (Å²) in [6.45, 7) is 6.83. The molecule has 1 aromatic carbocycles. The molecule has 0 heterocycles. The van der Waals surface area contributed by atoms with Crippen LogP contribution in [0.4, 0.5) is 8.78 Å². The van der Waals surface area contributed by atoms with Crippen molar-refractivity contribution in [3.8, 4) is 0 Å². The van der Waals surface area contributed by atoms with Gasteiger partial charge in [-0.1, -0.05) is 32.9 Å². The van der Waals surface area contributed by atoms with Crippen LogP contribution in [0.1, 0.15) is 52.0 Å². The molecule has 0 radical (unpaired) electrons. The van der Waals surface area contributed by atoms with Gasteiger partial charge < -0.3 is 0 Å². The van der Waals surface area contributed by atoms with Crippen LogP contribution in [0.5, 0.6) is 0 Å². The van der Waals surface area contributed by atoms with Gasteiger partial charge in [0.25, 0.3) is 0 Å². The van der Waals surface area contributed by atoms with Crippen LogP contribution in [0.25, 0.3) is 0 Å². The molecule has 1 aromatic rings. The van der Waals surface area contributed by atoms with Gasteiger partial charge in [0.05, 0.1) is 0 Å². The van der Waals surface area contributed by atoms with Crippen LogP contribution in [0.3, 0.4) is 0 Å². The van der Waals surface area contributed by atoms with E-state index in [2.05, 4.69) is 20.8 Å². The fraction of sp³-hybridized carbons (Fsp3) is 0.667. The zero-order valence-electron chi connectivity index (χ0n) is 13.2. The molecule has 0 aliphatic heterocycles. The quantitative estimate of drug-likeness (QED) is 0.603. The van der Waals surface area contributed by atoms with E-state index in [0.717, 1.165) is 25.7 Å². The molecule has 0 unspecified atom stereocenters. The van der Waals surface area contributed by atoms with E-state index >= 15 is 0 Å². The van der Waals surface area contributed by atoms with Gasteiger partial charge in [0.2, 0.25) is 0 Å². The third-order valence-electron chi connectivity index (χ3n) is 5.15. The predicted molar refractivity (Wildman–Crippen MR) is 84.6 cm³/mol. The Labute approximate surface area is 131 Å². The third kappa shape index (κ3) is 3.77. The lowest BCUT2D eigenvalue weighted by Crippen LogP contribution is -2.35. The average molecular weight is 315 g/mol. The molecule has 1 aliphatic carbocycles. The lowest BCUT2D eigenvalue weighted by molar-refractivity contribution is 0.101. The summed E-state index contributed by atoms with van der Waals surface area (Å²) in [6.07, 6.45) is 4.76. The number of hydrogen-bond acceptors (Lipinski definition) is 0. The largest absolute Gasteiger partial charge is 0.204 e. The highest BCUT2D eigenvalue weighted by molar-refractivity contribution is 6.18. The number of hydrogen-bond donors (Lipinski definition) is 0. The molecule has 2 rings (SSSR count). The van der Waals surface area contributed by atoms with Crippen LogP contribution in [0, 0.1) is 28.4 Å². The van der Waals surface area contributed by atoms with Crippen LogP contribution < -0.4 is 0 Å². The molecule has 21 heavy (non-hydrogen) atoms. The van der Waals surface area contributed by atoms with Crippen molar-refractivity contribution >= 4 is 11.6 Å². The second-order valence-corrected chi connectivity index (χ2v) is 7.93. The lowest BCUT2D eigenvalue weighted by atomic mass is 9.63. The summed E-state index contributed by atoms with van der Waals surface area (Å²) in [5.41, 5.74) is 0.686. The average Bonchev–Trinajstić information content (AvgIpc) is 2.43. The first-order valence-electron chi connectivity index (χ1n) is 7.76. The molecule has 1 fully saturated rings. The number of benzene rings is 1. The van der Waals surface area contributed by atoms with Crippen LogP contribution in [0.2, 0.25) is 0 Å². The first kappa shape index (κ1) is 16.7. The first-order valence-corrected chi connectivity index (χ1v) is 8.30. The van der Waals surface area contributed by atoms with E-state index in [0.29, 0.717) is 29.2 Å². The summed E-state index contributed by atoms with van der Waals surface area (Å²) >= 11 is 6.22. The summed E-state index contributed by atoms with van der Waals surface area (Å²) in [6, 6.07) is 4.43. The van der Waals surface area contributed by atoms with Gasteiger partial charge in [0, 0.05) is 5.88 Å². The summed E-state index contributed by atoms with van der Waals surface area (Å²) < 4.78 is 27.3. The van der Waals surface area contributed by atoms with E-state index in [1.54, 1.807) is 12.1 Å². The summed E-state index contributed by atoms with van der Waals surface area (Å²) in [7, 11) is 0. The fourth-order valence-electron chi connectivity index (χ4n) is 3.54. The normalized spacial score (nSPS) is 26.9. The van der Waals surface area contributed by atoms with Crippen molar-refractivity contribution in [3.63, 3.8) is 0 Å². The Balaban J connectivity index is 2.12. The highest BCUT2D eigenvalue weighted by Crippen LogP contribution is 2.47. The molecule has 0 nitrogen and oxygen atoms in total. The molecule has 118 valence electrons. The minimum atomic E-state index is -0.763. The zero-order chi connectivity index (χ0) is 15.7. The fourth-order valence-corrected chi connectivity index (χ4v) is 3.90. The van der Waals surface area contributed by atoms with Crippen LogP contribution >= 0.6 is 11.6 Å².